The first-order chi connectivity index (χ1) is 7.10. The van der Waals surface area contributed by atoms with E-state index in [1.54, 1.807) is 13.2 Å². The van der Waals surface area contributed by atoms with Crippen LogP contribution >= 0.6 is 11.6 Å². The molecule has 0 saturated heterocycles. The van der Waals surface area contributed by atoms with Crippen molar-refractivity contribution in [3.05, 3.63) is 28.3 Å². The number of ether oxygens (including phenoxy) is 1. The number of halogens is 1. The summed E-state index contributed by atoms with van der Waals surface area (Å²) in [4.78, 5) is 0. The van der Waals surface area contributed by atoms with Crippen LogP contribution in [0.25, 0.3) is 0 Å². The molecule has 3 heteroatoms. The van der Waals surface area contributed by atoms with Crippen molar-refractivity contribution in [2.24, 2.45) is 0 Å². The molecule has 0 aliphatic carbocycles. The molecule has 0 atom stereocenters. The topological polar surface area (TPSA) is 33.0 Å². The average Bonchev–Trinajstić information content (AvgIpc) is 2.17. The van der Waals surface area contributed by atoms with E-state index in [0.717, 1.165) is 16.9 Å². The summed E-state index contributed by atoms with van der Waals surface area (Å²) in [6.07, 6.45) is 0.323. The predicted molar refractivity (Wildman–Crippen MR) is 61.4 cm³/mol. The lowest BCUT2D eigenvalue weighted by molar-refractivity contribution is 0.403. The number of methoxy groups -OCH3 is 1. The smallest absolute Gasteiger partial charge is 0.126 e. The van der Waals surface area contributed by atoms with Crippen molar-refractivity contribution in [1.29, 1.82) is 5.26 Å². The first kappa shape index (κ1) is 11.9. The van der Waals surface area contributed by atoms with Crippen LogP contribution in [0.5, 0.6) is 5.75 Å². The van der Waals surface area contributed by atoms with Crippen LogP contribution in [0.2, 0.25) is 5.02 Å². The molecule has 1 aromatic rings. The fourth-order valence-electron chi connectivity index (χ4n) is 1.57. The summed E-state index contributed by atoms with van der Waals surface area (Å²) in [7, 11) is 1.62. The Morgan fingerprint density at radius 1 is 1.47 bits per heavy atom. The zero-order valence-corrected chi connectivity index (χ0v) is 9.93. The standard InChI is InChI=1S/C12H14ClNO/c1-8(2)11-7-10(13)6-9(4-5-14)12(11)15-3/h6-8H,4H2,1-3H3. The number of rotatable bonds is 3. The van der Waals surface area contributed by atoms with Gasteiger partial charge in [0.05, 0.1) is 19.6 Å². The summed E-state index contributed by atoms with van der Waals surface area (Å²) in [5.74, 6) is 1.12. The highest BCUT2D eigenvalue weighted by Crippen LogP contribution is 2.33. The lowest BCUT2D eigenvalue weighted by atomic mass is 9.98. The average molecular weight is 224 g/mol. The molecule has 80 valence electrons. The molecule has 0 heterocycles. The molecule has 0 unspecified atom stereocenters. The van der Waals surface area contributed by atoms with E-state index in [-0.39, 0.29) is 0 Å². The molecule has 2 nitrogen and oxygen atoms in total. The van der Waals surface area contributed by atoms with Crippen molar-refractivity contribution >= 4 is 11.6 Å². The predicted octanol–water partition coefficient (Wildman–Crippen LogP) is 3.54. The third-order valence-corrected chi connectivity index (χ3v) is 2.47. The Morgan fingerprint density at radius 3 is 2.60 bits per heavy atom. The number of nitriles is 1. The lowest BCUT2D eigenvalue weighted by Gasteiger charge is -2.15. The summed E-state index contributed by atoms with van der Waals surface area (Å²) in [6.45, 7) is 4.15. The Kier molecular flexibility index (Phi) is 3.99. The van der Waals surface area contributed by atoms with E-state index in [1.807, 2.05) is 6.07 Å². The van der Waals surface area contributed by atoms with Gasteiger partial charge < -0.3 is 4.74 Å². The highest BCUT2D eigenvalue weighted by molar-refractivity contribution is 6.30. The normalized spacial score (nSPS) is 10.1. The maximum atomic E-state index is 8.71. The third kappa shape index (κ3) is 2.64. The number of hydrogen-bond donors (Lipinski definition) is 0. The zero-order chi connectivity index (χ0) is 11.4. The van der Waals surface area contributed by atoms with Crippen LogP contribution in [-0.4, -0.2) is 7.11 Å². The number of hydrogen-bond acceptors (Lipinski definition) is 2. The van der Waals surface area contributed by atoms with Gasteiger partial charge in [-0.2, -0.15) is 5.26 Å². The second kappa shape index (κ2) is 5.04. The van der Waals surface area contributed by atoms with Gasteiger partial charge in [0.25, 0.3) is 0 Å². The van der Waals surface area contributed by atoms with Crippen LogP contribution in [-0.2, 0) is 6.42 Å². The molecule has 0 aliphatic rings. The molecule has 1 aromatic carbocycles. The van der Waals surface area contributed by atoms with E-state index in [2.05, 4.69) is 19.9 Å². The Labute approximate surface area is 95.4 Å². The SMILES string of the molecule is COc1c(CC#N)cc(Cl)cc1C(C)C. The molecule has 0 spiro atoms. The van der Waals surface area contributed by atoms with Gasteiger partial charge in [-0.25, -0.2) is 0 Å². The molecule has 0 saturated carbocycles. The van der Waals surface area contributed by atoms with Crippen molar-refractivity contribution in [3.8, 4) is 11.8 Å². The monoisotopic (exact) mass is 223 g/mol. The fourth-order valence-corrected chi connectivity index (χ4v) is 1.82. The van der Waals surface area contributed by atoms with Crippen molar-refractivity contribution in [2.45, 2.75) is 26.2 Å². The fraction of sp³-hybridized carbons (Fsp3) is 0.417. The minimum absolute atomic E-state index is 0.323. The van der Waals surface area contributed by atoms with Gasteiger partial charge in [-0.1, -0.05) is 25.4 Å². The van der Waals surface area contributed by atoms with Gasteiger partial charge in [0, 0.05) is 10.6 Å². The van der Waals surface area contributed by atoms with Gasteiger partial charge in [-0.05, 0) is 23.6 Å². The van der Waals surface area contributed by atoms with Crippen molar-refractivity contribution in [1.82, 2.24) is 0 Å². The third-order valence-electron chi connectivity index (χ3n) is 2.25. The van der Waals surface area contributed by atoms with Gasteiger partial charge in [0.1, 0.15) is 5.75 Å². The Bertz CT molecular complexity index is 393. The molecule has 0 aromatic heterocycles. The van der Waals surface area contributed by atoms with Crippen LogP contribution in [0.1, 0.15) is 30.9 Å². The van der Waals surface area contributed by atoms with Gasteiger partial charge in [0.15, 0.2) is 0 Å². The van der Waals surface area contributed by atoms with Gasteiger partial charge in [0.2, 0.25) is 0 Å². The molecule has 0 bridgehead atoms. The zero-order valence-electron chi connectivity index (χ0n) is 9.17. The van der Waals surface area contributed by atoms with Crippen LogP contribution < -0.4 is 4.74 Å². The van der Waals surface area contributed by atoms with Gasteiger partial charge >= 0.3 is 0 Å². The lowest BCUT2D eigenvalue weighted by Crippen LogP contribution is -1.99. The molecule has 0 N–H and O–H groups in total. The maximum absolute atomic E-state index is 8.71. The maximum Gasteiger partial charge on any atom is 0.126 e. The van der Waals surface area contributed by atoms with Crippen LogP contribution in [0.4, 0.5) is 0 Å². The number of nitrogens with zero attached hydrogens (tertiary/aromatic N) is 1. The highest BCUT2D eigenvalue weighted by atomic mass is 35.5. The summed E-state index contributed by atoms with van der Waals surface area (Å²) >= 11 is 5.99. The molecule has 1 rings (SSSR count). The van der Waals surface area contributed by atoms with Gasteiger partial charge in [-0.15, -0.1) is 0 Å². The van der Waals surface area contributed by atoms with Crippen molar-refractivity contribution in [3.63, 3.8) is 0 Å². The Morgan fingerprint density at radius 2 is 2.13 bits per heavy atom. The summed E-state index contributed by atoms with van der Waals surface area (Å²) in [6, 6.07) is 5.80. The molecule has 0 amide bonds. The van der Waals surface area contributed by atoms with Crippen molar-refractivity contribution < 1.29 is 4.74 Å². The first-order valence-electron chi connectivity index (χ1n) is 4.83. The summed E-state index contributed by atoms with van der Waals surface area (Å²) < 4.78 is 5.34. The van der Waals surface area contributed by atoms with Crippen LogP contribution in [0, 0.1) is 11.3 Å². The van der Waals surface area contributed by atoms with E-state index in [4.69, 9.17) is 21.6 Å². The quantitative estimate of drug-likeness (QED) is 0.785. The first-order valence-corrected chi connectivity index (χ1v) is 5.21. The summed E-state index contributed by atoms with van der Waals surface area (Å²) in [5, 5.41) is 9.37. The van der Waals surface area contributed by atoms with Crippen LogP contribution in [0.15, 0.2) is 12.1 Å². The minimum Gasteiger partial charge on any atom is -0.496 e. The van der Waals surface area contributed by atoms with Gasteiger partial charge in [-0.3, -0.25) is 0 Å². The van der Waals surface area contributed by atoms with E-state index in [0.29, 0.717) is 17.4 Å². The summed E-state index contributed by atoms with van der Waals surface area (Å²) in [5.41, 5.74) is 1.91. The van der Waals surface area contributed by atoms with E-state index in [1.165, 1.54) is 0 Å². The molecule has 0 radical (unpaired) electrons. The Hall–Kier alpha value is -1.20. The Balaban J connectivity index is 3.33. The second-order valence-electron chi connectivity index (χ2n) is 3.68. The highest BCUT2D eigenvalue weighted by Gasteiger charge is 2.13. The van der Waals surface area contributed by atoms with Crippen molar-refractivity contribution in [2.75, 3.05) is 7.11 Å². The van der Waals surface area contributed by atoms with E-state index >= 15 is 0 Å². The number of benzene rings is 1. The van der Waals surface area contributed by atoms with Crippen LogP contribution in [0.3, 0.4) is 0 Å². The molecule has 0 fully saturated rings. The van der Waals surface area contributed by atoms with E-state index < -0.39 is 0 Å². The molecular weight excluding hydrogens is 210 g/mol. The second-order valence-corrected chi connectivity index (χ2v) is 4.11. The minimum atomic E-state index is 0.323. The van der Waals surface area contributed by atoms with E-state index in [9.17, 15) is 0 Å². The largest absolute Gasteiger partial charge is 0.496 e. The molecular formula is C12H14ClNO. The molecule has 0 aliphatic heterocycles. The molecule has 15 heavy (non-hydrogen) atoms.